The van der Waals surface area contributed by atoms with Gasteiger partial charge in [0.1, 0.15) is 24.6 Å². The number of halogens is 3. The Bertz CT molecular complexity index is 1350. The number of anilines is 1. The summed E-state index contributed by atoms with van der Waals surface area (Å²) in [5, 5.41) is 4.89. The Morgan fingerprint density at radius 3 is 2.51 bits per heavy atom. The highest BCUT2D eigenvalue weighted by Crippen LogP contribution is 2.34. The van der Waals surface area contributed by atoms with Crippen LogP contribution in [0.5, 0.6) is 5.75 Å². The fourth-order valence-electron chi connectivity index (χ4n) is 3.67. The van der Waals surface area contributed by atoms with Gasteiger partial charge in [-0.2, -0.15) is 26.7 Å². The average Bonchev–Trinajstić information content (AvgIpc) is 3.18. The largest absolute Gasteiger partial charge is 0.534 e. The van der Waals surface area contributed by atoms with Gasteiger partial charge in [-0.1, -0.05) is 19.6 Å². The van der Waals surface area contributed by atoms with E-state index in [1.807, 2.05) is 4.90 Å². The lowest BCUT2D eigenvalue weighted by molar-refractivity contribution is -0.0500. The molecule has 0 saturated carbocycles. The van der Waals surface area contributed by atoms with Crippen molar-refractivity contribution in [2.45, 2.75) is 37.9 Å². The lowest BCUT2D eigenvalue weighted by Crippen LogP contribution is -2.36. The Morgan fingerprint density at radius 1 is 1.11 bits per heavy atom. The fraction of sp³-hybridized carbons (Fsp3) is 0.500. The second-order valence-electron chi connectivity index (χ2n) is 9.72. The Morgan fingerprint density at radius 2 is 1.84 bits per heavy atom. The van der Waals surface area contributed by atoms with Crippen LogP contribution in [0.1, 0.15) is 0 Å². The summed E-state index contributed by atoms with van der Waals surface area (Å²) in [6.45, 7) is 9.68. The Hall–Kier alpha value is -2.75. The summed E-state index contributed by atoms with van der Waals surface area (Å²) in [7, 11) is -7.17. The molecular formula is C22H28F3N5O5SSi. The number of ether oxygens (including phenoxy) is 2. The van der Waals surface area contributed by atoms with Crippen LogP contribution in [0.4, 0.5) is 19.0 Å². The van der Waals surface area contributed by atoms with Gasteiger partial charge in [0, 0.05) is 39.2 Å². The maximum Gasteiger partial charge on any atom is 0.534 e. The number of aromatic nitrogens is 4. The van der Waals surface area contributed by atoms with E-state index < -0.39 is 29.4 Å². The summed E-state index contributed by atoms with van der Waals surface area (Å²) in [5.41, 5.74) is -4.26. The predicted octanol–water partition coefficient (Wildman–Crippen LogP) is 3.87. The molecule has 1 saturated heterocycles. The molecule has 0 radical (unpaired) electrons. The summed E-state index contributed by atoms with van der Waals surface area (Å²) in [6.07, 6.45) is 1.39. The third kappa shape index (κ3) is 6.58. The van der Waals surface area contributed by atoms with Crippen LogP contribution < -0.4 is 9.08 Å². The van der Waals surface area contributed by atoms with Crippen LogP contribution in [0.25, 0.3) is 22.3 Å². The van der Waals surface area contributed by atoms with Crippen LogP contribution in [0.2, 0.25) is 25.7 Å². The second-order valence-corrected chi connectivity index (χ2v) is 16.9. The molecule has 1 aliphatic heterocycles. The predicted molar refractivity (Wildman–Crippen MR) is 133 cm³/mol. The Kier molecular flexibility index (Phi) is 7.78. The molecule has 0 atom stereocenters. The SMILES string of the molecule is C[Si](C)(C)CCOCn1nc2ccc(OS(=O)(=O)C(F)(F)F)cc2c1-c1cc(N2CCOCC2)ncn1. The second kappa shape index (κ2) is 10.5. The standard InChI is InChI=1S/C22H28F3N5O5SSi/c1-37(2,3)11-10-34-15-30-21(19-13-20(27-14-26-19)29-6-8-33-9-7-29)17-12-16(4-5-18(17)28-30)35-36(31,32)22(23,24)25/h4-5,12-14H,6-11,15H2,1-3H3. The lowest BCUT2D eigenvalue weighted by atomic mass is 10.1. The van der Waals surface area contributed by atoms with Gasteiger partial charge in [-0.05, 0) is 24.2 Å². The first-order valence-corrected chi connectivity index (χ1v) is 16.7. The van der Waals surface area contributed by atoms with Gasteiger partial charge in [0.05, 0.1) is 30.1 Å². The van der Waals surface area contributed by atoms with Crippen molar-refractivity contribution in [2.24, 2.45) is 0 Å². The number of alkyl halides is 3. The maximum atomic E-state index is 12.9. The van der Waals surface area contributed by atoms with Gasteiger partial charge in [-0.3, -0.25) is 0 Å². The number of hydrogen-bond donors (Lipinski definition) is 0. The van der Waals surface area contributed by atoms with E-state index in [9.17, 15) is 21.6 Å². The normalized spacial score (nSPS) is 15.4. The van der Waals surface area contributed by atoms with Crippen LogP contribution in [0.15, 0.2) is 30.6 Å². The van der Waals surface area contributed by atoms with Gasteiger partial charge in [0.2, 0.25) is 0 Å². The molecule has 3 aromatic rings. The van der Waals surface area contributed by atoms with Crippen LogP contribution >= 0.6 is 0 Å². The van der Waals surface area contributed by atoms with E-state index in [1.165, 1.54) is 18.5 Å². The van der Waals surface area contributed by atoms with Crippen molar-refractivity contribution in [1.82, 2.24) is 19.7 Å². The van der Waals surface area contributed by atoms with Gasteiger partial charge in [-0.15, -0.1) is 0 Å². The van der Waals surface area contributed by atoms with Crippen molar-refractivity contribution < 1.29 is 35.2 Å². The molecule has 0 aliphatic carbocycles. The molecule has 4 rings (SSSR count). The highest BCUT2D eigenvalue weighted by atomic mass is 32.2. The lowest BCUT2D eigenvalue weighted by Gasteiger charge is -2.27. The molecule has 0 N–H and O–H groups in total. The van der Waals surface area contributed by atoms with E-state index in [0.29, 0.717) is 61.0 Å². The van der Waals surface area contributed by atoms with Gasteiger partial charge >= 0.3 is 15.6 Å². The first kappa shape index (κ1) is 27.3. The summed E-state index contributed by atoms with van der Waals surface area (Å²) >= 11 is 0. The minimum atomic E-state index is -5.84. The van der Waals surface area contributed by atoms with Gasteiger partial charge < -0.3 is 18.6 Å². The molecule has 0 spiro atoms. The van der Waals surface area contributed by atoms with Crippen LogP contribution in [-0.2, 0) is 26.3 Å². The molecule has 0 amide bonds. The third-order valence-electron chi connectivity index (χ3n) is 5.64. The molecule has 15 heteroatoms. The number of nitrogens with zero attached hydrogens (tertiary/aromatic N) is 5. The first-order valence-electron chi connectivity index (χ1n) is 11.6. The van der Waals surface area contributed by atoms with Crippen molar-refractivity contribution >= 4 is 34.9 Å². The number of rotatable bonds is 9. The molecule has 3 heterocycles. The maximum absolute atomic E-state index is 12.9. The number of hydrogen-bond acceptors (Lipinski definition) is 9. The molecular weight excluding hydrogens is 531 g/mol. The summed E-state index contributed by atoms with van der Waals surface area (Å²) in [4.78, 5) is 10.8. The van der Waals surface area contributed by atoms with E-state index in [4.69, 9.17) is 9.47 Å². The fourth-order valence-corrected chi connectivity index (χ4v) is 4.88. The van der Waals surface area contributed by atoms with Crippen molar-refractivity contribution in [3.63, 3.8) is 0 Å². The molecule has 10 nitrogen and oxygen atoms in total. The van der Waals surface area contributed by atoms with Gasteiger partial charge in [-0.25, -0.2) is 14.6 Å². The first-order chi connectivity index (χ1) is 17.3. The molecule has 1 fully saturated rings. The molecule has 37 heavy (non-hydrogen) atoms. The monoisotopic (exact) mass is 559 g/mol. The van der Waals surface area contributed by atoms with Gasteiger partial charge in [0.15, 0.2) is 0 Å². The van der Waals surface area contributed by atoms with E-state index >= 15 is 0 Å². The highest BCUT2D eigenvalue weighted by molar-refractivity contribution is 7.88. The third-order valence-corrected chi connectivity index (χ3v) is 8.32. The van der Waals surface area contributed by atoms with Crippen molar-refractivity contribution in [1.29, 1.82) is 0 Å². The van der Waals surface area contributed by atoms with E-state index in [2.05, 4.69) is 38.9 Å². The summed E-state index contributed by atoms with van der Waals surface area (Å²) in [5.74, 6) is 0.161. The van der Waals surface area contributed by atoms with Gasteiger partial charge in [0.25, 0.3) is 0 Å². The van der Waals surface area contributed by atoms with Crippen molar-refractivity contribution in [3.05, 3.63) is 30.6 Å². The minimum Gasteiger partial charge on any atom is -0.378 e. The zero-order valence-corrected chi connectivity index (χ0v) is 22.5. The zero-order chi connectivity index (χ0) is 26.8. The van der Waals surface area contributed by atoms with Crippen LogP contribution in [0, 0.1) is 0 Å². The van der Waals surface area contributed by atoms with E-state index in [-0.39, 0.29) is 6.73 Å². The molecule has 0 unspecified atom stereocenters. The van der Waals surface area contributed by atoms with E-state index in [1.54, 1.807) is 10.7 Å². The van der Waals surface area contributed by atoms with Crippen molar-refractivity contribution in [3.8, 4) is 17.1 Å². The molecule has 1 aliphatic rings. The van der Waals surface area contributed by atoms with E-state index in [0.717, 1.165) is 12.1 Å². The summed E-state index contributed by atoms with van der Waals surface area (Å²) in [6, 6.07) is 6.40. The Labute approximate surface area is 213 Å². The average molecular weight is 560 g/mol. The number of benzene rings is 1. The smallest absolute Gasteiger partial charge is 0.378 e. The quantitative estimate of drug-likeness (QED) is 0.167. The number of morpholine rings is 1. The topological polar surface area (TPSA) is 109 Å². The van der Waals surface area contributed by atoms with Crippen LogP contribution in [-0.4, -0.2) is 74.7 Å². The summed E-state index contributed by atoms with van der Waals surface area (Å²) < 4.78 is 79.0. The highest BCUT2D eigenvalue weighted by Gasteiger charge is 2.48. The number of fused-ring (bicyclic) bond motifs is 1. The molecule has 0 bridgehead atoms. The molecule has 202 valence electrons. The minimum absolute atomic E-state index is 0.0718. The molecule has 1 aromatic carbocycles. The Balaban J connectivity index is 1.74. The molecule has 2 aromatic heterocycles. The van der Waals surface area contributed by atoms with Crippen molar-refractivity contribution in [2.75, 3.05) is 37.8 Å². The zero-order valence-electron chi connectivity index (χ0n) is 20.7. The van der Waals surface area contributed by atoms with Crippen LogP contribution in [0.3, 0.4) is 0 Å².